The molecule has 72 valence electrons. The van der Waals surface area contributed by atoms with Gasteiger partial charge < -0.3 is 0 Å². The van der Waals surface area contributed by atoms with Crippen molar-refractivity contribution < 1.29 is 0 Å². The van der Waals surface area contributed by atoms with Crippen molar-refractivity contribution in [1.29, 1.82) is 0 Å². The Morgan fingerprint density at radius 2 is 2.08 bits per heavy atom. The molecule has 0 bridgehead atoms. The average Bonchev–Trinajstić information content (AvgIpc) is 2.10. The standard InChI is InChI=1S/C10H20ClN/c1-3-5-8-12(10-7-11)9-6-4-2/h3,5H,4,6-10H2,1-2H3/b5-3+. The van der Waals surface area contributed by atoms with E-state index in [1.54, 1.807) is 0 Å². The van der Waals surface area contributed by atoms with Gasteiger partial charge in [0.1, 0.15) is 0 Å². The summed E-state index contributed by atoms with van der Waals surface area (Å²) in [6, 6.07) is 0. The number of rotatable bonds is 7. The zero-order chi connectivity index (χ0) is 9.23. The monoisotopic (exact) mass is 189 g/mol. The van der Waals surface area contributed by atoms with Gasteiger partial charge in [-0.1, -0.05) is 25.5 Å². The van der Waals surface area contributed by atoms with Crippen LogP contribution in [0.5, 0.6) is 0 Å². The third kappa shape index (κ3) is 6.68. The van der Waals surface area contributed by atoms with E-state index in [0.717, 1.165) is 19.0 Å². The number of nitrogens with zero attached hydrogens (tertiary/aromatic N) is 1. The van der Waals surface area contributed by atoms with Crippen molar-refractivity contribution in [2.45, 2.75) is 26.7 Å². The summed E-state index contributed by atoms with van der Waals surface area (Å²) in [5.74, 6) is 0.737. The summed E-state index contributed by atoms with van der Waals surface area (Å²) in [6.07, 6.45) is 6.80. The van der Waals surface area contributed by atoms with Crippen LogP contribution in [-0.4, -0.2) is 30.4 Å². The van der Waals surface area contributed by atoms with E-state index in [-0.39, 0.29) is 0 Å². The predicted molar refractivity (Wildman–Crippen MR) is 56.9 cm³/mol. The van der Waals surface area contributed by atoms with Crippen molar-refractivity contribution in [3.05, 3.63) is 12.2 Å². The number of halogens is 1. The van der Waals surface area contributed by atoms with E-state index < -0.39 is 0 Å². The van der Waals surface area contributed by atoms with E-state index in [1.807, 2.05) is 0 Å². The van der Waals surface area contributed by atoms with Gasteiger partial charge in [-0.3, -0.25) is 4.90 Å². The second kappa shape index (κ2) is 9.08. The van der Waals surface area contributed by atoms with Gasteiger partial charge in [-0.2, -0.15) is 0 Å². The molecule has 0 aliphatic carbocycles. The van der Waals surface area contributed by atoms with Crippen LogP contribution in [0, 0.1) is 0 Å². The minimum Gasteiger partial charge on any atom is -0.299 e. The van der Waals surface area contributed by atoms with Gasteiger partial charge in [0.2, 0.25) is 0 Å². The van der Waals surface area contributed by atoms with E-state index in [4.69, 9.17) is 11.6 Å². The van der Waals surface area contributed by atoms with Crippen LogP contribution in [-0.2, 0) is 0 Å². The Hall–Kier alpha value is -0.0100. The highest BCUT2D eigenvalue weighted by molar-refractivity contribution is 6.18. The van der Waals surface area contributed by atoms with Crippen LogP contribution >= 0.6 is 11.6 Å². The topological polar surface area (TPSA) is 3.24 Å². The van der Waals surface area contributed by atoms with Gasteiger partial charge in [-0.15, -0.1) is 11.6 Å². The highest BCUT2D eigenvalue weighted by Crippen LogP contribution is 1.96. The molecule has 0 atom stereocenters. The van der Waals surface area contributed by atoms with Crippen molar-refractivity contribution in [3.8, 4) is 0 Å². The van der Waals surface area contributed by atoms with E-state index in [1.165, 1.54) is 19.4 Å². The first-order valence-corrected chi connectivity index (χ1v) is 5.28. The number of allylic oxidation sites excluding steroid dienone is 1. The molecule has 1 nitrogen and oxygen atoms in total. The lowest BCUT2D eigenvalue weighted by Crippen LogP contribution is -2.27. The second-order valence-corrected chi connectivity index (χ2v) is 3.29. The number of hydrogen-bond donors (Lipinski definition) is 0. The Kier molecular flexibility index (Phi) is 9.07. The molecule has 12 heavy (non-hydrogen) atoms. The van der Waals surface area contributed by atoms with Crippen molar-refractivity contribution in [3.63, 3.8) is 0 Å². The number of unbranched alkanes of at least 4 members (excludes halogenated alkanes) is 1. The van der Waals surface area contributed by atoms with Crippen molar-refractivity contribution in [2.75, 3.05) is 25.5 Å². The Balaban J connectivity index is 3.53. The summed E-state index contributed by atoms with van der Waals surface area (Å²) in [7, 11) is 0. The van der Waals surface area contributed by atoms with E-state index >= 15 is 0 Å². The lowest BCUT2D eigenvalue weighted by molar-refractivity contribution is 0.315. The van der Waals surface area contributed by atoms with Crippen LogP contribution in [0.15, 0.2) is 12.2 Å². The zero-order valence-corrected chi connectivity index (χ0v) is 8.98. The molecule has 0 N–H and O–H groups in total. The number of hydrogen-bond acceptors (Lipinski definition) is 1. The van der Waals surface area contributed by atoms with Crippen molar-refractivity contribution in [2.24, 2.45) is 0 Å². The van der Waals surface area contributed by atoms with Crippen LogP contribution in [0.3, 0.4) is 0 Å². The van der Waals surface area contributed by atoms with Crippen LogP contribution in [0.25, 0.3) is 0 Å². The largest absolute Gasteiger partial charge is 0.299 e. The third-order valence-electron chi connectivity index (χ3n) is 1.83. The molecule has 0 fully saturated rings. The van der Waals surface area contributed by atoms with Gasteiger partial charge >= 0.3 is 0 Å². The SMILES string of the molecule is C/C=C/CN(CCCl)CCCC. The van der Waals surface area contributed by atoms with Gasteiger partial charge in [-0.25, -0.2) is 0 Å². The molecule has 0 aromatic carbocycles. The molecule has 0 amide bonds. The third-order valence-corrected chi connectivity index (χ3v) is 2.00. The Bertz CT molecular complexity index is 112. The van der Waals surface area contributed by atoms with Gasteiger partial charge in [0.25, 0.3) is 0 Å². The van der Waals surface area contributed by atoms with Crippen LogP contribution in [0.4, 0.5) is 0 Å². The molecule has 0 aromatic rings. The van der Waals surface area contributed by atoms with E-state index in [2.05, 4.69) is 30.9 Å². The van der Waals surface area contributed by atoms with E-state index in [0.29, 0.717) is 0 Å². The molecule has 0 aromatic heterocycles. The molecule has 0 spiro atoms. The van der Waals surface area contributed by atoms with Gasteiger partial charge in [0, 0.05) is 19.0 Å². The lowest BCUT2D eigenvalue weighted by atomic mass is 10.3. The first-order valence-electron chi connectivity index (χ1n) is 4.74. The Morgan fingerprint density at radius 3 is 2.58 bits per heavy atom. The minimum absolute atomic E-state index is 0.737. The second-order valence-electron chi connectivity index (χ2n) is 2.91. The van der Waals surface area contributed by atoms with E-state index in [9.17, 15) is 0 Å². The first-order chi connectivity index (χ1) is 5.85. The van der Waals surface area contributed by atoms with Gasteiger partial charge in [0.15, 0.2) is 0 Å². The van der Waals surface area contributed by atoms with Crippen molar-refractivity contribution >= 4 is 11.6 Å². The molecule has 0 aliphatic rings. The minimum atomic E-state index is 0.737. The number of alkyl halides is 1. The smallest absolute Gasteiger partial charge is 0.0351 e. The summed E-state index contributed by atoms with van der Waals surface area (Å²) in [5, 5.41) is 0. The summed E-state index contributed by atoms with van der Waals surface area (Å²) in [6.45, 7) is 7.50. The highest BCUT2D eigenvalue weighted by Gasteiger charge is 1.99. The molecular formula is C10H20ClN. The summed E-state index contributed by atoms with van der Waals surface area (Å²) < 4.78 is 0. The maximum Gasteiger partial charge on any atom is 0.0351 e. The maximum absolute atomic E-state index is 5.69. The molecule has 0 heterocycles. The van der Waals surface area contributed by atoms with Gasteiger partial charge in [0.05, 0.1) is 0 Å². The average molecular weight is 190 g/mol. The molecule has 0 aliphatic heterocycles. The van der Waals surface area contributed by atoms with Crippen LogP contribution in [0.2, 0.25) is 0 Å². The zero-order valence-electron chi connectivity index (χ0n) is 8.22. The highest BCUT2D eigenvalue weighted by atomic mass is 35.5. The fourth-order valence-electron chi connectivity index (χ4n) is 1.05. The summed E-state index contributed by atoms with van der Waals surface area (Å²) in [5.41, 5.74) is 0. The molecule has 0 saturated heterocycles. The lowest BCUT2D eigenvalue weighted by Gasteiger charge is -2.18. The fraction of sp³-hybridized carbons (Fsp3) is 0.800. The summed E-state index contributed by atoms with van der Waals surface area (Å²) >= 11 is 5.69. The molecule has 0 rings (SSSR count). The van der Waals surface area contributed by atoms with Gasteiger partial charge in [-0.05, 0) is 19.9 Å². The quantitative estimate of drug-likeness (QED) is 0.440. The molecular weight excluding hydrogens is 170 g/mol. The van der Waals surface area contributed by atoms with Crippen molar-refractivity contribution in [1.82, 2.24) is 4.90 Å². The molecule has 0 radical (unpaired) electrons. The Labute approximate surface area is 81.4 Å². The predicted octanol–water partition coefficient (Wildman–Crippen LogP) is 2.90. The normalized spacial score (nSPS) is 11.7. The molecule has 2 heteroatoms. The Morgan fingerprint density at radius 1 is 1.33 bits per heavy atom. The van der Waals surface area contributed by atoms with Crippen LogP contribution in [0.1, 0.15) is 26.7 Å². The molecule has 0 saturated carbocycles. The first kappa shape index (κ1) is 12.0. The maximum atomic E-state index is 5.69. The summed E-state index contributed by atoms with van der Waals surface area (Å²) in [4.78, 5) is 2.39. The van der Waals surface area contributed by atoms with Crippen LogP contribution < -0.4 is 0 Å². The molecule has 0 unspecified atom stereocenters. The fourth-order valence-corrected chi connectivity index (χ4v) is 1.29.